The smallest absolute Gasteiger partial charge is 0.272 e. The molecule has 32 heavy (non-hydrogen) atoms. The van der Waals surface area contributed by atoms with Crippen LogP contribution in [0.15, 0.2) is 54.6 Å². The van der Waals surface area contributed by atoms with Gasteiger partial charge in [-0.1, -0.05) is 35.9 Å². The van der Waals surface area contributed by atoms with E-state index >= 15 is 0 Å². The molecule has 1 fully saturated rings. The summed E-state index contributed by atoms with van der Waals surface area (Å²) in [5, 5.41) is 4.75. The predicted octanol–water partition coefficient (Wildman–Crippen LogP) is 3.83. The molecule has 1 aliphatic heterocycles. The van der Waals surface area contributed by atoms with E-state index in [-0.39, 0.29) is 29.2 Å². The maximum absolute atomic E-state index is 13.0. The van der Waals surface area contributed by atoms with Gasteiger partial charge in [0.25, 0.3) is 5.91 Å². The Balaban J connectivity index is 1.41. The van der Waals surface area contributed by atoms with Crippen LogP contribution in [0.2, 0.25) is 5.15 Å². The van der Waals surface area contributed by atoms with Crippen LogP contribution in [0.5, 0.6) is 0 Å². The number of nitrogens with zero attached hydrogens (tertiary/aromatic N) is 3. The maximum atomic E-state index is 13.0. The molecule has 0 radical (unpaired) electrons. The van der Waals surface area contributed by atoms with Crippen LogP contribution < -0.4 is 10.2 Å². The fourth-order valence-electron chi connectivity index (χ4n) is 3.71. The van der Waals surface area contributed by atoms with Crippen molar-refractivity contribution in [2.75, 3.05) is 49.6 Å². The van der Waals surface area contributed by atoms with Crippen molar-refractivity contribution in [3.63, 3.8) is 0 Å². The SMILES string of the molecule is CCN(CC(=O)Nc1ccc(N2CCOCC2)cc1)C(=O)c1cc2ccccc2c(Cl)n1. The molecular weight excluding hydrogens is 428 g/mol. The van der Waals surface area contributed by atoms with Crippen molar-refractivity contribution in [2.45, 2.75) is 6.92 Å². The summed E-state index contributed by atoms with van der Waals surface area (Å²) in [6.07, 6.45) is 0. The van der Waals surface area contributed by atoms with Gasteiger partial charge in [-0.25, -0.2) is 4.98 Å². The van der Waals surface area contributed by atoms with E-state index in [4.69, 9.17) is 16.3 Å². The van der Waals surface area contributed by atoms with Crippen molar-refractivity contribution in [3.8, 4) is 0 Å². The monoisotopic (exact) mass is 452 g/mol. The molecule has 1 N–H and O–H groups in total. The summed E-state index contributed by atoms with van der Waals surface area (Å²) in [6, 6.07) is 16.9. The third-order valence-corrected chi connectivity index (χ3v) is 5.73. The van der Waals surface area contributed by atoms with Crippen molar-refractivity contribution >= 4 is 45.6 Å². The molecule has 0 saturated carbocycles. The van der Waals surface area contributed by atoms with Gasteiger partial charge < -0.3 is 19.9 Å². The van der Waals surface area contributed by atoms with Crippen LogP contribution in [0.4, 0.5) is 11.4 Å². The van der Waals surface area contributed by atoms with E-state index in [0.29, 0.717) is 12.2 Å². The molecule has 0 atom stereocenters. The summed E-state index contributed by atoms with van der Waals surface area (Å²) in [4.78, 5) is 33.5. The van der Waals surface area contributed by atoms with Crippen LogP contribution >= 0.6 is 11.6 Å². The highest BCUT2D eigenvalue weighted by Crippen LogP contribution is 2.23. The van der Waals surface area contributed by atoms with E-state index in [1.54, 1.807) is 6.07 Å². The van der Waals surface area contributed by atoms with Gasteiger partial charge in [0.05, 0.1) is 13.2 Å². The maximum Gasteiger partial charge on any atom is 0.272 e. The highest BCUT2D eigenvalue weighted by atomic mass is 35.5. The lowest BCUT2D eigenvalue weighted by atomic mass is 10.1. The van der Waals surface area contributed by atoms with Crippen LogP contribution in [0.3, 0.4) is 0 Å². The number of aromatic nitrogens is 1. The molecule has 1 aliphatic rings. The summed E-state index contributed by atoms with van der Waals surface area (Å²) in [7, 11) is 0. The van der Waals surface area contributed by atoms with E-state index in [1.165, 1.54) is 4.90 Å². The van der Waals surface area contributed by atoms with Crippen molar-refractivity contribution in [3.05, 3.63) is 65.4 Å². The second-order valence-corrected chi connectivity index (χ2v) is 7.89. The Morgan fingerprint density at radius 3 is 2.56 bits per heavy atom. The molecule has 0 unspecified atom stereocenters. The summed E-state index contributed by atoms with van der Waals surface area (Å²) >= 11 is 6.26. The molecule has 2 heterocycles. The summed E-state index contributed by atoms with van der Waals surface area (Å²) in [6.45, 7) is 5.26. The first-order chi connectivity index (χ1) is 15.5. The van der Waals surface area contributed by atoms with Crippen LogP contribution in [-0.2, 0) is 9.53 Å². The minimum absolute atomic E-state index is 0.0767. The van der Waals surface area contributed by atoms with E-state index in [2.05, 4.69) is 15.2 Å². The second-order valence-electron chi connectivity index (χ2n) is 7.53. The summed E-state index contributed by atoms with van der Waals surface area (Å²) in [5.74, 6) is -0.607. The molecule has 0 aliphatic carbocycles. The van der Waals surface area contributed by atoms with Gasteiger partial charge in [-0.05, 0) is 42.6 Å². The largest absolute Gasteiger partial charge is 0.378 e. The first-order valence-electron chi connectivity index (χ1n) is 10.6. The Morgan fingerprint density at radius 1 is 1.12 bits per heavy atom. The number of anilines is 2. The third-order valence-electron chi connectivity index (χ3n) is 5.44. The molecular formula is C24H25ClN4O3. The Labute approximate surface area is 191 Å². The number of amides is 2. The first-order valence-corrected chi connectivity index (χ1v) is 11.0. The number of hydrogen-bond donors (Lipinski definition) is 1. The fraction of sp³-hybridized carbons (Fsp3) is 0.292. The topological polar surface area (TPSA) is 74.8 Å². The third kappa shape index (κ3) is 5.00. The Bertz CT molecular complexity index is 1110. The molecule has 3 aromatic rings. The van der Waals surface area contributed by atoms with Crippen LogP contribution in [0.25, 0.3) is 10.8 Å². The van der Waals surface area contributed by atoms with E-state index in [0.717, 1.165) is 42.8 Å². The van der Waals surface area contributed by atoms with Gasteiger partial charge in [0.15, 0.2) is 0 Å². The van der Waals surface area contributed by atoms with Gasteiger partial charge in [-0.15, -0.1) is 0 Å². The Morgan fingerprint density at radius 2 is 1.84 bits per heavy atom. The number of fused-ring (bicyclic) bond motifs is 1. The van der Waals surface area contributed by atoms with Crippen molar-refractivity contribution in [1.82, 2.24) is 9.88 Å². The predicted molar refractivity (Wildman–Crippen MR) is 126 cm³/mol. The number of nitrogens with one attached hydrogen (secondary N) is 1. The lowest BCUT2D eigenvalue weighted by molar-refractivity contribution is -0.116. The molecule has 0 bridgehead atoms. The highest BCUT2D eigenvalue weighted by Gasteiger charge is 2.20. The van der Waals surface area contributed by atoms with Crippen LogP contribution in [0.1, 0.15) is 17.4 Å². The lowest BCUT2D eigenvalue weighted by Gasteiger charge is -2.29. The van der Waals surface area contributed by atoms with Crippen molar-refractivity contribution in [1.29, 1.82) is 0 Å². The number of rotatable bonds is 6. The van der Waals surface area contributed by atoms with Crippen molar-refractivity contribution < 1.29 is 14.3 Å². The molecule has 1 saturated heterocycles. The number of carbonyl (C=O) groups excluding carboxylic acids is 2. The molecule has 8 heteroatoms. The lowest BCUT2D eigenvalue weighted by Crippen LogP contribution is -2.38. The van der Waals surface area contributed by atoms with Crippen LogP contribution in [0, 0.1) is 0 Å². The number of carbonyl (C=O) groups is 2. The zero-order chi connectivity index (χ0) is 22.5. The molecule has 2 aromatic carbocycles. The normalized spacial score (nSPS) is 13.8. The molecule has 0 spiro atoms. The molecule has 1 aromatic heterocycles. The Kier molecular flexibility index (Phi) is 6.87. The van der Waals surface area contributed by atoms with Gasteiger partial charge in [-0.2, -0.15) is 0 Å². The minimum Gasteiger partial charge on any atom is -0.378 e. The zero-order valence-corrected chi connectivity index (χ0v) is 18.6. The van der Waals surface area contributed by atoms with Gasteiger partial charge in [0.1, 0.15) is 17.4 Å². The fourth-order valence-corrected chi connectivity index (χ4v) is 3.97. The Hall–Kier alpha value is -3.16. The number of benzene rings is 2. The number of halogens is 1. The highest BCUT2D eigenvalue weighted by molar-refractivity contribution is 6.34. The molecule has 166 valence electrons. The summed E-state index contributed by atoms with van der Waals surface area (Å²) < 4.78 is 5.38. The van der Waals surface area contributed by atoms with Gasteiger partial charge in [0, 0.05) is 36.4 Å². The van der Waals surface area contributed by atoms with E-state index < -0.39 is 0 Å². The average Bonchev–Trinajstić information content (AvgIpc) is 2.83. The molecule has 2 amide bonds. The van der Waals surface area contributed by atoms with Crippen molar-refractivity contribution in [2.24, 2.45) is 0 Å². The molecule has 7 nitrogen and oxygen atoms in total. The molecule has 4 rings (SSSR count). The zero-order valence-electron chi connectivity index (χ0n) is 17.9. The first kappa shape index (κ1) is 22.0. The van der Waals surface area contributed by atoms with Gasteiger partial charge in [0.2, 0.25) is 5.91 Å². The minimum atomic E-state index is -0.335. The average molecular weight is 453 g/mol. The number of ether oxygens (including phenoxy) is 1. The number of hydrogen-bond acceptors (Lipinski definition) is 5. The number of likely N-dealkylation sites (N-methyl/N-ethyl adjacent to an activating group) is 1. The second kappa shape index (κ2) is 9.97. The van der Waals surface area contributed by atoms with E-state index in [1.807, 2.05) is 55.5 Å². The van der Waals surface area contributed by atoms with E-state index in [9.17, 15) is 9.59 Å². The number of pyridine rings is 1. The quantitative estimate of drug-likeness (QED) is 0.575. The van der Waals surface area contributed by atoms with Gasteiger partial charge in [-0.3, -0.25) is 9.59 Å². The standard InChI is InChI=1S/C24H25ClN4O3/c1-2-28(24(31)21-15-17-5-3-4-6-20(17)23(25)27-21)16-22(30)26-18-7-9-19(10-8-18)29-11-13-32-14-12-29/h3-10,15H,2,11-14,16H2,1H3,(H,26,30). The van der Waals surface area contributed by atoms with Gasteiger partial charge >= 0.3 is 0 Å². The number of morpholine rings is 1. The van der Waals surface area contributed by atoms with Crippen LogP contribution in [-0.4, -0.2) is 61.1 Å². The summed E-state index contributed by atoms with van der Waals surface area (Å²) in [5.41, 5.74) is 2.00.